The Kier molecular flexibility index (Phi) is 8.92. The highest BCUT2D eigenvalue weighted by Gasteiger charge is 2.08. The third kappa shape index (κ3) is 7.81. The maximum Gasteiger partial charge on any atom is 0.138 e. The maximum absolute atomic E-state index is 9.78. The second kappa shape index (κ2) is 10.2. The summed E-state index contributed by atoms with van der Waals surface area (Å²) in [6.45, 7) is 5.41. The van der Waals surface area contributed by atoms with Crippen molar-refractivity contribution in [3.05, 3.63) is 23.2 Å². The van der Waals surface area contributed by atoms with Crippen molar-refractivity contribution >= 4 is 23.4 Å². The molecule has 4 nitrogen and oxygen atoms in total. The molecule has 21 heavy (non-hydrogen) atoms. The number of hydrogen-bond acceptors (Lipinski definition) is 5. The SMILES string of the molecule is CSCCOc1ccc(OCC(O)CNC(C)C)cc1Cl. The largest absolute Gasteiger partial charge is 0.491 e. The molecule has 1 atom stereocenters. The van der Waals surface area contributed by atoms with Gasteiger partial charge in [-0.15, -0.1) is 0 Å². The minimum absolute atomic E-state index is 0.225. The fourth-order valence-electron chi connectivity index (χ4n) is 1.55. The van der Waals surface area contributed by atoms with E-state index in [9.17, 15) is 5.11 Å². The van der Waals surface area contributed by atoms with Crippen LogP contribution >= 0.6 is 23.4 Å². The summed E-state index contributed by atoms with van der Waals surface area (Å²) in [5.41, 5.74) is 0. The first kappa shape index (κ1) is 18.4. The third-order valence-electron chi connectivity index (χ3n) is 2.65. The zero-order chi connectivity index (χ0) is 15.7. The summed E-state index contributed by atoms with van der Waals surface area (Å²) in [7, 11) is 0. The molecule has 0 amide bonds. The zero-order valence-corrected chi connectivity index (χ0v) is 14.3. The summed E-state index contributed by atoms with van der Waals surface area (Å²) in [4.78, 5) is 0. The van der Waals surface area contributed by atoms with E-state index >= 15 is 0 Å². The molecule has 2 N–H and O–H groups in total. The van der Waals surface area contributed by atoms with Crippen LogP contribution in [0.2, 0.25) is 5.02 Å². The average Bonchev–Trinajstić information content (AvgIpc) is 2.45. The summed E-state index contributed by atoms with van der Waals surface area (Å²) in [5.74, 6) is 2.20. The predicted molar refractivity (Wildman–Crippen MR) is 90.0 cm³/mol. The van der Waals surface area contributed by atoms with Crippen molar-refractivity contribution in [2.45, 2.75) is 26.0 Å². The molecule has 1 aromatic rings. The first-order valence-electron chi connectivity index (χ1n) is 6.98. The van der Waals surface area contributed by atoms with Gasteiger partial charge in [-0.05, 0) is 18.4 Å². The number of benzene rings is 1. The van der Waals surface area contributed by atoms with Crippen LogP contribution in [0.15, 0.2) is 18.2 Å². The zero-order valence-electron chi connectivity index (χ0n) is 12.8. The first-order valence-corrected chi connectivity index (χ1v) is 8.75. The van der Waals surface area contributed by atoms with Gasteiger partial charge in [-0.1, -0.05) is 25.4 Å². The van der Waals surface area contributed by atoms with Crippen molar-refractivity contribution in [1.82, 2.24) is 5.32 Å². The molecule has 0 saturated carbocycles. The van der Waals surface area contributed by atoms with E-state index in [1.165, 1.54) is 0 Å². The van der Waals surface area contributed by atoms with Crippen molar-refractivity contribution in [1.29, 1.82) is 0 Å². The molecular formula is C15H24ClNO3S. The Morgan fingerprint density at radius 3 is 2.71 bits per heavy atom. The Labute approximate surface area is 136 Å². The van der Waals surface area contributed by atoms with Gasteiger partial charge in [0.05, 0.1) is 11.6 Å². The Balaban J connectivity index is 2.40. The lowest BCUT2D eigenvalue weighted by molar-refractivity contribution is 0.104. The molecule has 1 aromatic carbocycles. The molecule has 0 aliphatic rings. The van der Waals surface area contributed by atoms with E-state index in [4.69, 9.17) is 21.1 Å². The molecular weight excluding hydrogens is 310 g/mol. The van der Waals surface area contributed by atoms with Crippen LogP contribution in [0.4, 0.5) is 0 Å². The molecule has 0 bridgehead atoms. The van der Waals surface area contributed by atoms with Gasteiger partial charge in [-0.25, -0.2) is 0 Å². The smallest absolute Gasteiger partial charge is 0.138 e. The second-order valence-electron chi connectivity index (χ2n) is 4.96. The van der Waals surface area contributed by atoms with E-state index in [1.54, 1.807) is 30.0 Å². The Morgan fingerprint density at radius 2 is 2.10 bits per heavy atom. The Morgan fingerprint density at radius 1 is 1.33 bits per heavy atom. The average molecular weight is 334 g/mol. The molecule has 120 valence electrons. The lowest BCUT2D eigenvalue weighted by Crippen LogP contribution is -2.35. The second-order valence-corrected chi connectivity index (χ2v) is 6.35. The van der Waals surface area contributed by atoms with Gasteiger partial charge in [0.1, 0.15) is 24.2 Å². The van der Waals surface area contributed by atoms with E-state index in [2.05, 4.69) is 5.32 Å². The summed E-state index contributed by atoms with van der Waals surface area (Å²) in [6.07, 6.45) is 1.48. The van der Waals surface area contributed by atoms with E-state index in [1.807, 2.05) is 20.1 Å². The minimum Gasteiger partial charge on any atom is -0.491 e. The van der Waals surface area contributed by atoms with Gasteiger partial charge in [0.15, 0.2) is 0 Å². The number of rotatable bonds is 10. The quantitative estimate of drug-likeness (QED) is 0.645. The first-order chi connectivity index (χ1) is 10.0. The molecule has 0 fully saturated rings. The normalized spacial score (nSPS) is 12.5. The monoisotopic (exact) mass is 333 g/mol. The highest BCUT2D eigenvalue weighted by molar-refractivity contribution is 7.98. The fraction of sp³-hybridized carbons (Fsp3) is 0.600. The number of aliphatic hydroxyl groups is 1. The van der Waals surface area contributed by atoms with Crippen molar-refractivity contribution in [3.63, 3.8) is 0 Å². The highest BCUT2D eigenvalue weighted by Crippen LogP contribution is 2.29. The van der Waals surface area contributed by atoms with Crippen molar-refractivity contribution < 1.29 is 14.6 Å². The van der Waals surface area contributed by atoms with Crippen LogP contribution in [-0.4, -0.2) is 49.0 Å². The third-order valence-corrected chi connectivity index (χ3v) is 3.52. The van der Waals surface area contributed by atoms with Crippen LogP contribution in [-0.2, 0) is 0 Å². The number of halogens is 1. The van der Waals surface area contributed by atoms with E-state index in [-0.39, 0.29) is 6.61 Å². The fourth-order valence-corrected chi connectivity index (χ4v) is 2.02. The molecule has 0 aliphatic heterocycles. The van der Waals surface area contributed by atoms with Gasteiger partial charge in [0, 0.05) is 24.4 Å². The molecule has 1 unspecified atom stereocenters. The molecule has 0 aromatic heterocycles. The van der Waals surface area contributed by atoms with Gasteiger partial charge >= 0.3 is 0 Å². The van der Waals surface area contributed by atoms with Crippen molar-refractivity contribution in [2.24, 2.45) is 0 Å². The number of ether oxygens (including phenoxy) is 2. The van der Waals surface area contributed by atoms with Crippen LogP contribution in [0, 0.1) is 0 Å². The summed E-state index contributed by atoms with van der Waals surface area (Å²) >= 11 is 7.86. The van der Waals surface area contributed by atoms with Gasteiger partial charge in [0.2, 0.25) is 0 Å². The van der Waals surface area contributed by atoms with Crippen LogP contribution in [0.3, 0.4) is 0 Å². The molecule has 6 heteroatoms. The topological polar surface area (TPSA) is 50.7 Å². The predicted octanol–water partition coefficient (Wildman–Crippen LogP) is 2.82. The van der Waals surface area contributed by atoms with Gasteiger partial charge in [0.25, 0.3) is 0 Å². The molecule has 0 saturated heterocycles. The number of nitrogens with one attached hydrogen (secondary N) is 1. The lowest BCUT2D eigenvalue weighted by Gasteiger charge is -2.15. The van der Waals surface area contributed by atoms with Crippen LogP contribution in [0.1, 0.15) is 13.8 Å². The molecule has 1 rings (SSSR count). The van der Waals surface area contributed by atoms with Gasteiger partial charge < -0.3 is 19.9 Å². The summed E-state index contributed by atoms with van der Waals surface area (Å²) < 4.78 is 11.1. The molecule has 0 spiro atoms. The van der Waals surface area contributed by atoms with Crippen LogP contribution in [0.5, 0.6) is 11.5 Å². The van der Waals surface area contributed by atoms with E-state index in [0.29, 0.717) is 35.7 Å². The maximum atomic E-state index is 9.78. The summed E-state index contributed by atoms with van der Waals surface area (Å²) in [6, 6.07) is 5.63. The van der Waals surface area contributed by atoms with Crippen LogP contribution in [0.25, 0.3) is 0 Å². The van der Waals surface area contributed by atoms with Gasteiger partial charge in [-0.3, -0.25) is 0 Å². The van der Waals surface area contributed by atoms with Gasteiger partial charge in [-0.2, -0.15) is 11.8 Å². The number of thioether (sulfide) groups is 1. The number of hydrogen-bond donors (Lipinski definition) is 2. The van der Waals surface area contributed by atoms with E-state index < -0.39 is 6.10 Å². The molecule has 0 heterocycles. The minimum atomic E-state index is -0.552. The molecule has 0 radical (unpaired) electrons. The van der Waals surface area contributed by atoms with Crippen molar-refractivity contribution in [3.8, 4) is 11.5 Å². The Hall–Kier alpha value is -0.620. The van der Waals surface area contributed by atoms with Crippen LogP contribution < -0.4 is 14.8 Å². The van der Waals surface area contributed by atoms with E-state index in [0.717, 1.165) is 5.75 Å². The molecule has 0 aliphatic carbocycles. The number of aliphatic hydroxyl groups excluding tert-OH is 1. The lowest BCUT2D eigenvalue weighted by atomic mass is 10.3. The van der Waals surface area contributed by atoms with Crippen molar-refractivity contribution in [2.75, 3.05) is 31.8 Å². The Bertz CT molecular complexity index is 418. The summed E-state index contributed by atoms with van der Waals surface area (Å²) in [5, 5.41) is 13.4. The highest BCUT2D eigenvalue weighted by atomic mass is 35.5. The standard InChI is InChI=1S/C15H24ClNO3S/c1-11(2)17-9-12(18)10-20-13-4-5-15(14(16)8-13)19-6-7-21-3/h4-5,8,11-12,17-18H,6-7,9-10H2,1-3H3.